The van der Waals surface area contributed by atoms with Crippen LogP contribution in [0.15, 0.2) is 0 Å². The minimum atomic E-state index is -0.345. The summed E-state index contributed by atoms with van der Waals surface area (Å²) in [6.07, 6.45) is 11.7. The normalized spacial score (nSPS) is 48.7. The first-order valence-corrected chi connectivity index (χ1v) is 9.78. The fourth-order valence-corrected chi connectivity index (χ4v) is 5.76. The fourth-order valence-electron chi connectivity index (χ4n) is 5.76. The van der Waals surface area contributed by atoms with Gasteiger partial charge >= 0.3 is 0 Å². The second-order valence-electron chi connectivity index (χ2n) is 8.36. The molecule has 0 aromatic heterocycles. The molecule has 0 amide bonds. The van der Waals surface area contributed by atoms with Crippen molar-refractivity contribution in [2.24, 2.45) is 0 Å². The van der Waals surface area contributed by atoms with Crippen molar-refractivity contribution in [1.82, 2.24) is 0 Å². The number of nitriles is 1. The molecule has 132 valence electrons. The fraction of sp³-hybridized carbons (Fsp3) is 0.947. The molecule has 0 aromatic carbocycles. The zero-order valence-electron chi connectivity index (χ0n) is 14.2. The van der Waals surface area contributed by atoms with E-state index in [9.17, 15) is 0 Å². The standard InChI is InChI=1S/C19H27NO4/c20-10-4-5-13-6-7-16-18(22-13)11-14(21-16)17-15(12-18)23-19(24-17)8-2-1-3-9-19/h13-17H,1-9,11-12H2/t13-,14+,15+,16-,17-,18+/m0/s1. The Morgan fingerprint density at radius 1 is 0.958 bits per heavy atom. The lowest BCUT2D eigenvalue weighted by Crippen LogP contribution is -2.53. The van der Waals surface area contributed by atoms with Gasteiger partial charge < -0.3 is 18.9 Å². The van der Waals surface area contributed by atoms with E-state index in [0.29, 0.717) is 6.42 Å². The number of rotatable bonds is 2. The highest BCUT2D eigenvalue weighted by atomic mass is 16.8. The molecule has 2 bridgehead atoms. The minimum Gasteiger partial charge on any atom is -0.369 e. The van der Waals surface area contributed by atoms with Crippen molar-refractivity contribution in [3.63, 3.8) is 0 Å². The third kappa shape index (κ3) is 2.34. The predicted molar refractivity (Wildman–Crippen MR) is 85.1 cm³/mol. The maximum absolute atomic E-state index is 8.86. The Hall–Kier alpha value is -0.670. The van der Waals surface area contributed by atoms with Gasteiger partial charge in [-0.3, -0.25) is 0 Å². The van der Waals surface area contributed by atoms with Crippen molar-refractivity contribution in [3.05, 3.63) is 0 Å². The Kier molecular flexibility index (Phi) is 3.68. The van der Waals surface area contributed by atoms with Gasteiger partial charge in [-0.15, -0.1) is 0 Å². The van der Waals surface area contributed by atoms with E-state index in [2.05, 4.69) is 6.07 Å². The average Bonchev–Trinajstić information content (AvgIpc) is 3.09. The van der Waals surface area contributed by atoms with E-state index in [-0.39, 0.29) is 41.9 Å². The van der Waals surface area contributed by atoms with Gasteiger partial charge in [0.05, 0.1) is 36.1 Å². The molecule has 5 rings (SSSR count). The van der Waals surface area contributed by atoms with E-state index in [1.54, 1.807) is 0 Å². The molecular formula is C19H27NO4. The van der Waals surface area contributed by atoms with Gasteiger partial charge in [-0.2, -0.15) is 5.26 Å². The molecule has 0 radical (unpaired) electrons. The number of hydrogen-bond acceptors (Lipinski definition) is 5. The van der Waals surface area contributed by atoms with Crippen LogP contribution in [0.2, 0.25) is 0 Å². The Morgan fingerprint density at radius 2 is 1.79 bits per heavy atom. The van der Waals surface area contributed by atoms with Crippen LogP contribution in [0.25, 0.3) is 0 Å². The van der Waals surface area contributed by atoms with Crippen LogP contribution >= 0.6 is 0 Å². The number of fused-ring (bicyclic) bond motifs is 3. The molecule has 3 saturated heterocycles. The molecule has 5 nitrogen and oxygen atoms in total. The van der Waals surface area contributed by atoms with Gasteiger partial charge in [0.2, 0.25) is 0 Å². The third-order valence-electron chi connectivity index (χ3n) is 6.81. The van der Waals surface area contributed by atoms with Crippen molar-refractivity contribution >= 4 is 0 Å². The van der Waals surface area contributed by atoms with Gasteiger partial charge in [-0.25, -0.2) is 0 Å². The maximum atomic E-state index is 8.86. The molecule has 0 aromatic rings. The van der Waals surface area contributed by atoms with Crippen LogP contribution in [0.4, 0.5) is 0 Å². The highest BCUT2D eigenvalue weighted by Crippen LogP contribution is 2.55. The molecule has 3 aliphatic heterocycles. The summed E-state index contributed by atoms with van der Waals surface area (Å²) in [5.74, 6) is -0.345. The van der Waals surface area contributed by atoms with Crippen LogP contribution in [-0.2, 0) is 18.9 Å². The smallest absolute Gasteiger partial charge is 0.169 e. The van der Waals surface area contributed by atoms with Crippen LogP contribution < -0.4 is 0 Å². The van der Waals surface area contributed by atoms with Gasteiger partial charge in [0, 0.05) is 32.1 Å². The van der Waals surface area contributed by atoms with E-state index in [0.717, 1.165) is 44.9 Å². The Balaban J connectivity index is 1.33. The summed E-state index contributed by atoms with van der Waals surface area (Å²) in [6.45, 7) is 0. The predicted octanol–water partition coefficient (Wildman–Crippen LogP) is 3.21. The Bertz CT molecular complexity index is 540. The van der Waals surface area contributed by atoms with Crippen LogP contribution in [-0.4, -0.2) is 41.9 Å². The van der Waals surface area contributed by atoms with Crippen molar-refractivity contribution in [2.45, 2.75) is 113 Å². The summed E-state index contributed by atoms with van der Waals surface area (Å²) >= 11 is 0. The lowest BCUT2D eigenvalue weighted by atomic mass is 9.76. The Labute approximate surface area is 143 Å². The van der Waals surface area contributed by atoms with Gasteiger partial charge in [0.25, 0.3) is 0 Å². The van der Waals surface area contributed by atoms with E-state index >= 15 is 0 Å². The second kappa shape index (κ2) is 5.67. The van der Waals surface area contributed by atoms with Crippen molar-refractivity contribution in [2.75, 3.05) is 0 Å². The molecule has 5 aliphatic rings. The van der Waals surface area contributed by atoms with E-state index in [4.69, 9.17) is 24.2 Å². The summed E-state index contributed by atoms with van der Waals surface area (Å²) in [6, 6.07) is 2.25. The number of hydrogen-bond donors (Lipinski definition) is 0. The van der Waals surface area contributed by atoms with Gasteiger partial charge in [-0.05, 0) is 32.1 Å². The average molecular weight is 333 g/mol. The SMILES string of the molecule is N#CCC[C@H]1CC[C@@H]2O[C@@H]3C[C@]2(C[C@H]2OC4(CCCCC4)O[C@@H]32)O1. The highest BCUT2D eigenvalue weighted by molar-refractivity contribution is 5.12. The first-order chi connectivity index (χ1) is 11.7. The van der Waals surface area contributed by atoms with Crippen LogP contribution in [0, 0.1) is 11.3 Å². The molecule has 24 heavy (non-hydrogen) atoms. The summed E-state index contributed by atoms with van der Waals surface area (Å²) in [4.78, 5) is 0. The molecule has 2 saturated carbocycles. The zero-order chi connectivity index (χ0) is 16.2. The molecule has 5 fully saturated rings. The molecule has 6 atom stereocenters. The summed E-state index contributed by atoms with van der Waals surface area (Å²) in [7, 11) is 0. The van der Waals surface area contributed by atoms with Crippen LogP contribution in [0.1, 0.15) is 70.6 Å². The van der Waals surface area contributed by atoms with E-state index in [1.165, 1.54) is 19.3 Å². The topological polar surface area (TPSA) is 60.7 Å². The summed E-state index contributed by atoms with van der Waals surface area (Å²) in [5, 5.41) is 8.86. The molecule has 0 unspecified atom stereocenters. The van der Waals surface area contributed by atoms with E-state index in [1.807, 2.05) is 0 Å². The number of ether oxygens (including phenoxy) is 4. The van der Waals surface area contributed by atoms with Gasteiger partial charge in [0.1, 0.15) is 6.10 Å². The lowest BCUT2D eigenvalue weighted by Gasteiger charge is -2.44. The molecule has 2 spiro atoms. The van der Waals surface area contributed by atoms with Gasteiger partial charge in [0.15, 0.2) is 5.79 Å². The van der Waals surface area contributed by atoms with Crippen LogP contribution in [0.5, 0.6) is 0 Å². The summed E-state index contributed by atoms with van der Waals surface area (Å²) < 4.78 is 25.9. The largest absolute Gasteiger partial charge is 0.369 e. The lowest BCUT2D eigenvalue weighted by molar-refractivity contribution is -0.215. The molecule has 0 N–H and O–H groups in total. The zero-order valence-corrected chi connectivity index (χ0v) is 14.2. The molecule has 3 heterocycles. The quantitative estimate of drug-likeness (QED) is 0.776. The third-order valence-corrected chi connectivity index (χ3v) is 6.81. The van der Waals surface area contributed by atoms with Crippen molar-refractivity contribution in [1.29, 1.82) is 5.26 Å². The summed E-state index contributed by atoms with van der Waals surface area (Å²) in [5.41, 5.74) is -0.201. The first kappa shape index (κ1) is 15.6. The molecule has 5 heteroatoms. The first-order valence-electron chi connectivity index (χ1n) is 9.78. The molecule has 2 aliphatic carbocycles. The van der Waals surface area contributed by atoms with Gasteiger partial charge in [-0.1, -0.05) is 6.42 Å². The van der Waals surface area contributed by atoms with Crippen molar-refractivity contribution < 1.29 is 18.9 Å². The second-order valence-corrected chi connectivity index (χ2v) is 8.36. The monoisotopic (exact) mass is 333 g/mol. The Morgan fingerprint density at radius 3 is 2.62 bits per heavy atom. The van der Waals surface area contributed by atoms with Crippen molar-refractivity contribution in [3.8, 4) is 6.07 Å². The van der Waals surface area contributed by atoms with E-state index < -0.39 is 0 Å². The number of nitrogens with zero attached hydrogens (tertiary/aromatic N) is 1. The minimum absolute atomic E-state index is 0.0838. The van der Waals surface area contributed by atoms with Crippen LogP contribution in [0.3, 0.4) is 0 Å². The highest BCUT2D eigenvalue weighted by Gasteiger charge is 2.65. The maximum Gasteiger partial charge on any atom is 0.169 e. The molecular weight excluding hydrogens is 306 g/mol.